The number of halogens is 1. The molecule has 1 aromatic heterocycles. The van der Waals surface area contributed by atoms with Crippen molar-refractivity contribution in [2.45, 2.75) is 13.2 Å². The van der Waals surface area contributed by atoms with Crippen molar-refractivity contribution in [2.24, 2.45) is 0 Å². The van der Waals surface area contributed by atoms with Crippen LogP contribution in [0.4, 0.5) is 4.39 Å². The third kappa shape index (κ3) is 3.99. The van der Waals surface area contributed by atoms with Gasteiger partial charge in [0.05, 0.1) is 12.6 Å². The quantitative estimate of drug-likeness (QED) is 0.426. The van der Waals surface area contributed by atoms with E-state index in [1.165, 1.54) is 19.2 Å². The van der Waals surface area contributed by atoms with Gasteiger partial charge in [0.1, 0.15) is 23.9 Å². The van der Waals surface area contributed by atoms with Crippen molar-refractivity contribution >= 4 is 16.9 Å². The predicted octanol–water partition coefficient (Wildman–Crippen LogP) is 5.19. The molecular weight excluding hydrogens is 369 g/mol. The van der Waals surface area contributed by atoms with Crippen LogP contribution in [0.15, 0.2) is 78.9 Å². The van der Waals surface area contributed by atoms with Crippen molar-refractivity contribution < 1.29 is 18.7 Å². The molecule has 4 rings (SSSR count). The van der Waals surface area contributed by atoms with Crippen LogP contribution < -0.4 is 4.74 Å². The highest BCUT2D eigenvalue weighted by Crippen LogP contribution is 2.32. The molecule has 0 radical (unpaired) electrons. The maximum absolute atomic E-state index is 14.4. The van der Waals surface area contributed by atoms with E-state index in [9.17, 15) is 9.18 Å². The Morgan fingerprint density at radius 1 is 0.931 bits per heavy atom. The van der Waals surface area contributed by atoms with Gasteiger partial charge in [0.25, 0.3) is 0 Å². The minimum absolute atomic E-state index is 0.302. The van der Waals surface area contributed by atoms with Crippen molar-refractivity contribution in [3.8, 4) is 5.75 Å². The Kier molecular flexibility index (Phi) is 5.29. The van der Waals surface area contributed by atoms with E-state index in [0.717, 1.165) is 11.1 Å². The number of hydrogen-bond acceptors (Lipinski definition) is 3. The SMILES string of the molecule is COC(=O)c1cc2c(OCc3ccccc3)cc(F)cc2n1Cc1ccccc1. The first-order valence-electron chi connectivity index (χ1n) is 9.27. The van der Waals surface area contributed by atoms with Crippen LogP contribution in [-0.2, 0) is 17.9 Å². The normalized spacial score (nSPS) is 10.8. The molecule has 0 amide bonds. The second-order valence-electron chi connectivity index (χ2n) is 6.70. The van der Waals surface area contributed by atoms with Gasteiger partial charge in [-0.2, -0.15) is 0 Å². The maximum Gasteiger partial charge on any atom is 0.354 e. The summed E-state index contributed by atoms with van der Waals surface area (Å²) in [5.74, 6) is -0.517. The Morgan fingerprint density at radius 3 is 2.24 bits per heavy atom. The molecule has 146 valence electrons. The predicted molar refractivity (Wildman–Crippen MR) is 110 cm³/mol. The van der Waals surface area contributed by atoms with Crippen molar-refractivity contribution in [2.75, 3.05) is 7.11 Å². The van der Waals surface area contributed by atoms with E-state index >= 15 is 0 Å². The van der Waals surface area contributed by atoms with Gasteiger partial charge in [-0.1, -0.05) is 60.7 Å². The van der Waals surface area contributed by atoms with Crippen molar-refractivity contribution in [3.63, 3.8) is 0 Å². The highest BCUT2D eigenvalue weighted by molar-refractivity contribution is 5.98. The summed E-state index contributed by atoms with van der Waals surface area (Å²) >= 11 is 0. The van der Waals surface area contributed by atoms with Crippen LogP contribution in [-0.4, -0.2) is 17.6 Å². The third-order valence-corrected chi connectivity index (χ3v) is 4.76. The first kappa shape index (κ1) is 18.7. The number of esters is 1. The number of benzene rings is 3. The van der Waals surface area contributed by atoms with Gasteiger partial charge in [-0.25, -0.2) is 9.18 Å². The number of carbonyl (C=O) groups is 1. The summed E-state index contributed by atoms with van der Waals surface area (Å²) < 4.78 is 27.0. The minimum Gasteiger partial charge on any atom is -0.488 e. The van der Waals surface area contributed by atoms with Crippen LogP contribution in [0.5, 0.6) is 5.75 Å². The summed E-state index contributed by atoms with van der Waals surface area (Å²) in [4.78, 5) is 12.4. The Hall–Kier alpha value is -3.60. The molecular formula is C24H20FNO3. The molecule has 0 saturated carbocycles. The van der Waals surface area contributed by atoms with E-state index in [2.05, 4.69) is 0 Å². The number of carbonyl (C=O) groups excluding carboxylic acids is 1. The number of nitrogens with zero attached hydrogens (tertiary/aromatic N) is 1. The van der Waals surface area contributed by atoms with E-state index in [0.29, 0.717) is 35.5 Å². The highest BCUT2D eigenvalue weighted by atomic mass is 19.1. The molecule has 0 saturated heterocycles. The second kappa shape index (κ2) is 8.19. The van der Waals surface area contributed by atoms with E-state index < -0.39 is 11.8 Å². The van der Waals surface area contributed by atoms with Crippen LogP contribution >= 0.6 is 0 Å². The topological polar surface area (TPSA) is 40.5 Å². The van der Waals surface area contributed by atoms with Crippen LogP contribution in [0.3, 0.4) is 0 Å². The lowest BCUT2D eigenvalue weighted by molar-refractivity contribution is 0.0589. The Bertz CT molecular complexity index is 1140. The molecule has 0 N–H and O–H groups in total. The van der Waals surface area contributed by atoms with Gasteiger partial charge >= 0.3 is 5.97 Å². The molecule has 4 nitrogen and oxygen atoms in total. The van der Waals surface area contributed by atoms with E-state index in [-0.39, 0.29) is 0 Å². The van der Waals surface area contributed by atoms with Crippen LogP contribution in [0.1, 0.15) is 21.6 Å². The average molecular weight is 389 g/mol. The highest BCUT2D eigenvalue weighted by Gasteiger charge is 2.20. The lowest BCUT2D eigenvalue weighted by Crippen LogP contribution is -2.11. The molecule has 5 heteroatoms. The fraction of sp³-hybridized carbons (Fsp3) is 0.125. The average Bonchev–Trinajstić information content (AvgIpc) is 3.11. The summed E-state index contributed by atoms with van der Waals surface area (Å²) in [6.07, 6.45) is 0. The molecule has 3 aromatic carbocycles. The minimum atomic E-state index is -0.480. The Morgan fingerprint density at radius 2 is 1.59 bits per heavy atom. The zero-order valence-corrected chi connectivity index (χ0v) is 16.0. The number of aromatic nitrogens is 1. The fourth-order valence-corrected chi connectivity index (χ4v) is 3.36. The van der Waals surface area contributed by atoms with E-state index in [1.54, 1.807) is 10.6 Å². The number of methoxy groups -OCH3 is 1. The van der Waals surface area contributed by atoms with Gasteiger partial charge in [-0.3, -0.25) is 0 Å². The first-order valence-corrected chi connectivity index (χ1v) is 9.27. The second-order valence-corrected chi connectivity index (χ2v) is 6.70. The molecule has 1 heterocycles. The fourth-order valence-electron chi connectivity index (χ4n) is 3.36. The van der Waals surface area contributed by atoms with E-state index in [1.807, 2.05) is 60.7 Å². The van der Waals surface area contributed by atoms with Crippen LogP contribution in [0, 0.1) is 5.82 Å². The largest absolute Gasteiger partial charge is 0.488 e. The summed E-state index contributed by atoms with van der Waals surface area (Å²) in [5, 5.41) is 0.665. The molecule has 0 atom stereocenters. The molecule has 29 heavy (non-hydrogen) atoms. The molecule has 0 aliphatic rings. The third-order valence-electron chi connectivity index (χ3n) is 4.76. The summed E-state index contributed by atoms with van der Waals surface area (Å²) in [7, 11) is 1.33. The monoisotopic (exact) mass is 389 g/mol. The Labute approximate surface area is 168 Å². The molecule has 0 spiro atoms. The smallest absolute Gasteiger partial charge is 0.354 e. The Balaban J connectivity index is 1.78. The lowest BCUT2D eigenvalue weighted by atomic mass is 10.2. The summed E-state index contributed by atoms with van der Waals surface area (Å²) in [5.41, 5.74) is 2.90. The van der Waals surface area contributed by atoms with Crippen molar-refractivity contribution in [1.29, 1.82) is 0 Å². The van der Waals surface area contributed by atoms with E-state index in [4.69, 9.17) is 9.47 Å². The number of ether oxygens (including phenoxy) is 2. The maximum atomic E-state index is 14.4. The van der Waals surface area contributed by atoms with Crippen molar-refractivity contribution in [1.82, 2.24) is 4.57 Å². The van der Waals surface area contributed by atoms with Gasteiger partial charge in [-0.15, -0.1) is 0 Å². The molecule has 0 aliphatic heterocycles. The van der Waals surface area contributed by atoms with Gasteiger partial charge in [-0.05, 0) is 23.3 Å². The molecule has 0 fully saturated rings. The molecule has 0 bridgehead atoms. The lowest BCUT2D eigenvalue weighted by Gasteiger charge is -2.11. The van der Waals surface area contributed by atoms with Gasteiger partial charge in [0, 0.05) is 18.0 Å². The zero-order chi connectivity index (χ0) is 20.2. The van der Waals surface area contributed by atoms with Gasteiger partial charge in [0.15, 0.2) is 0 Å². The van der Waals surface area contributed by atoms with Gasteiger partial charge < -0.3 is 14.0 Å². The molecule has 0 aliphatic carbocycles. The van der Waals surface area contributed by atoms with Crippen LogP contribution in [0.25, 0.3) is 10.9 Å². The van der Waals surface area contributed by atoms with Crippen LogP contribution in [0.2, 0.25) is 0 Å². The molecule has 4 aromatic rings. The number of hydrogen-bond donors (Lipinski definition) is 0. The number of rotatable bonds is 6. The first-order chi connectivity index (χ1) is 14.2. The van der Waals surface area contributed by atoms with Crippen molar-refractivity contribution in [3.05, 3.63) is 102 Å². The standard InChI is InChI=1S/C24H20FNO3/c1-28-24(27)22-14-20-21(26(22)15-17-8-4-2-5-9-17)12-19(25)13-23(20)29-16-18-10-6-3-7-11-18/h2-14H,15-16H2,1H3. The van der Waals surface area contributed by atoms with Gasteiger partial charge in [0.2, 0.25) is 0 Å². The summed E-state index contributed by atoms with van der Waals surface area (Å²) in [6.45, 7) is 0.715. The number of fused-ring (bicyclic) bond motifs is 1. The molecule has 0 unspecified atom stereocenters. The summed E-state index contributed by atoms with van der Waals surface area (Å²) in [6, 6.07) is 23.8. The zero-order valence-electron chi connectivity index (χ0n) is 16.0.